The number of amides is 1. The largest absolute Gasteiger partial charge is 0.573 e. The Kier molecular flexibility index (Phi) is 3.92. The average molecular weight is 285 g/mol. The number of benzene rings is 1. The second-order valence-electron chi connectivity index (χ2n) is 3.79. The number of ether oxygens (including phenoxy) is 1. The highest BCUT2D eigenvalue weighted by Gasteiger charge is 2.31. The van der Waals surface area contributed by atoms with Crippen molar-refractivity contribution in [3.05, 3.63) is 48.0 Å². The van der Waals surface area contributed by atoms with Gasteiger partial charge in [-0.05, 0) is 24.3 Å². The number of hydrogen-bond donors (Lipinski definition) is 2. The van der Waals surface area contributed by atoms with Crippen LogP contribution in [0.2, 0.25) is 0 Å². The molecule has 0 radical (unpaired) electrons. The van der Waals surface area contributed by atoms with Gasteiger partial charge in [-0.15, -0.1) is 13.2 Å². The molecule has 1 heterocycles. The third-order valence-electron chi connectivity index (χ3n) is 2.32. The Labute approximate surface area is 111 Å². The number of imidazole rings is 1. The van der Waals surface area contributed by atoms with Crippen LogP contribution >= 0.6 is 0 Å². The van der Waals surface area contributed by atoms with Gasteiger partial charge in [0.1, 0.15) is 11.6 Å². The first-order valence-electron chi connectivity index (χ1n) is 5.56. The molecule has 20 heavy (non-hydrogen) atoms. The van der Waals surface area contributed by atoms with Crippen LogP contribution in [0, 0.1) is 0 Å². The Hall–Kier alpha value is -2.51. The van der Waals surface area contributed by atoms with Crippen molar-refractivity contribution in [2.24, 2.45) is 0 Å². The number of carbonyl (C=O) groups is 1. The fourth-order valence-corrected chi connectivity index (χ4v) is 1.47. The predicted octanol–water partition coefficient (Wildman–Crippen LogP) is 2.24. The van der Waals surface area contributed by atoms with Gasteiger partial charge in [0.25, 0.3) is 5.91 Å². The quantitative estimate of drug-likeness (QED) is 0.905. The van der Waals surface area contributed by atoms with Crippen LogP contribution in [-0.2, 0) is 6.54 Å². The average Bonchev–Trinajstić information content (AvgIpc) is 2.88. The van der Waals surface area contributed by atoms with Gasteiger partial charge in [0.05, 0.1) is 6.54 Å². The fraction of sp³-hybridized carbons (Fsp3) is 0.167. The van der Waals surface area contributed by atoms with Gasteiger partial charge < -0.3 is 15.0 Å². The van der Waals surface area contributed by atoms with Crippen LogP contribution < -0.4 is 10.1 Å². The van der Waals surface area contributed by atoms with Crippen LogP contribution in [0.25, 0.3) is 0 Å². The summed E-state index contributed by atoms with van der Waals surface area (Å²) in [6, 6.07) is 4.65. The molecular formula is C12H10F3N3O2. The molecule has 0 aliphatic rings. The number of H-pyrrole nitrogens is 1. The van der Waals surface area contributed by atoms with Crippen LogP contribution in [0.15, 0.2) is 36.7 Å². The van der Waals surface area contributed by atoms with Gasteiger partial charge in [0, 0.05) is 18.0 Å². The minimum atomic E-state index is -4.75. The van der Waals surface area contributed by atoms with E-state index < -0.39 is 12.3 Å². The van der Waals surface area contributed by atoms with E-state index >= 15 is 0 Å². The number of nitrogens with one attached hydrogen (secondary N) is 2. The van der Waals surface area contributed by atoms with E-state index in [1.54, 1.807) is 12.4 Å². The van der Waals surface area contributed by atoms with E-state index in [0.29, 0.717) is 5.82 Å². The van der Waals surface area contributed by atoms with Crippen molar-refractivity contribution >= 4 is 5.91 Å². The van der Waals surface area contributed by atoms with Gasteiger partial charge >= 0.3 is 6.36 Å². The summed E-state index contributed by atoms with van der Waals surface area (Å²) in [6.07, 6.45) is -1.58. The number of halogens is 3. The number of alkyl halides is 3. The Morgan fingerprint density at radius 3 is 2.55 bits per heavy atom. The number of aromatic nitrogens is 2. The first kappa shape index (κ1) is 13.9. The smallest absolute Gasteiger partial charge is 0.406 e. The lowest BCUT2D eigenvalue weighted by molar-refractivity contribution is -0.274. The summed E-state index contributed by atoms with van der Waals surface area (Å²) < 4.78 is 39.6. The molecule has 0 saturated heterocycles. The molecule has 2 rings (SSSR count). The zero-order valence-electron chi connectivity index (χ0n) is 10.1. The molecule has 1 aromatic heterocycles. The number of aromatic amines is 1. The number of rotatable bonds is 4. The zero-order chi connectivity index (χ0) is 14.6. The summed E-state index contributed by atoms with van der Waals surface area (Å²) in [7, 11) is 0. The van der Waals surface area contributed by atoms with E-state index in [9.17, 15) is 18.0 Å². The Bertz CT molecular complexity index is 565. The molecule has 1 aromatic carbocycles. The third-order valence-corrected chi connectivity index (χ3v) is 2.32. The molecule has 2 N–H and O–H groups in total. The number of carbonyl (C=O) groups excluding carboxylic acids is 1. The molecular weight excluding hydrogens is 275 g/mol. The molecule has 0 aliphatic carbocycles. The summed E-state index contributed by atoms with van der Waals surface area (Å²) in [5.74, 6) is -0.213. The van der Waals surface area contributed by atoms with E-state index in [-0.39, 0.29) is 17.9 Å². The monoisotopic (exact) mass is 285 g/mol. The van der Waals surface area contributed by atoms with Crippen LogP contribution in [-0.4, -0.2) is 22.2 Å². The SMILES string of the molecule is O=C(NCc1ncc[nH]1)c1ccc(OC(F)(F)F)cc1. The Morgan fingerprint density at radius 1 is 1.30 bits per heavy atom. The highest BCUT2D eigenvalue weighted by Crippen LogP contribution is 2.22. The first-order chi connectivity index (χ1) is 9.44. The first-order valence-corrected chi connectivity index (χ1v) is 5.56. The summed E-state index contributed by atoms with van der Waals surface area (Å²) in [4.78, 5) is 18.4. The highest BCUT2D eigenvalue weighted by atomic mass is 19.4. The zero-order valence-corrected chi connectivity index (χ0v) is 10.1. The normalized spacial score (nSPS) is 11.2. The molecule has 1 amide bonds. The standard InChI is InChI=1S/C12H10F3N3O2/c13-12(14,15)20-9-3-1-8(2-4-9)11(19)18-7-10-16-5-6-17-10/h1-6H,7H2,(H,16,17)(H,18,19). The lowest BCUT2D eigenvalue weighted by Crippen LogP contribution is -2.23. The summed E-state index contributed by atoms with van der Waals surface area (Å²) in [5.41, 5.74) is 0.228. The third kappa shape index (κ3) is 4.01. The minimum absolute atomic E-state index is 0.201. The van der Waals surface area contributed by atoms with Crippen molar-refractivity contribution in [1.82, 2.24) is 15.3 Å². The van der Waals surface area contributed by atoms with Gasteiger partial charge in [0.15, 0.2) is 0 Å². The van der Waals surface area contributed by atoms with Crippen LogP contribution in [0.1, 0.15) is 16.2 Å². The van der Waals surface area contributed by atoms with E-state index in [4.69, 9.17) is 0 Å². The minimum Gasteiger partial charge on any atom is -0.406 e. The molecule has 0 fully saturated rings. The molecule has 0 spiro atoms. The van der Waals surface area contributed by atoms with E-state index in [1.165, 1.54) is 12.1 Å². The van der Waals surface area contributed by atoms with E-state index in [1.807, 2.05) is 0 Å². The molecule has 0 unspecified atom stereocenters. The van der Waals surface area contributed by atoms with E-state index in [2.05, 4.69) is 20.0 Å². The van der Waals surface area contributed by atoms with Gasteiger partial charge in [-0.3, -0.25) is 4.79 Å². The molecule has 5 nitrogen and oxygen atoms in total. The van der Waals surface area contributed by atoms with Crippen molar-refractivity contribution in [3.8, 4) is 5.75 Å². The Balaban J connectivity index is 1.93. The van der Waals surface area contributed by atoms with Crippen LogP contribution in [0.3, 0.4) is 0 Å². The van der Waals surface area contributed by atoms with Crippen molar-refractivity contribution in [2.75, 3.05) is 0 Å². The van der Waals surface area contributed by atoms with Crippen molar-refractivity contribution in [1.29, 1.82) is 0 Å². The van der Waals surface area contributed by atoms with Gasteiger partial charge in [0.2, 0.25) is 0 Å². The molecule has 0 aliphatic heterocycles. The van der Waals surface area contributed by atoms with Crippen LogP contribution in [0.4, 0.5) is 13.2 Å². The topological polar surface area (TPSA) is 67.0 Å². The predicted molar refractivity (Wildman–Crippen MR) is 62.9 cm³/mol. The molecule has 2 aromatic rings. The van der Waals surface area contributed by atoms with Gasteiger partial charge in [-0.1, -0.05) is 0 Å². The number of nitrogens with zero attached hydrogens (tertiary/aromatic N) is 1. The molecule has 0 bridgehead atoms. The highest BCUT2D eigenvalue weighted by molar-refractivity contribution is 5.94. The summed E-state index contributed by atoms with van der Waals surface area (Å²) in [6.45, 7) is 0.201. The van der Waals surface area contributed by atoms with Crippen molar-refractivity contribution in [3.63, 3.8) is 0 Å². The lowest BCUT2D eigenvalue weighted by atomic mass is 10.2. The number of hydrogen-bond acceptors (Lipinski definition) is 3. The second-order valence-corrected chi connectivity index (χ2v) is 3.79. The molecule has 106 valence electrons. The molecule has 0 atom stereocenters. The molecule has 0 saturated carbocycles. The van der Waals surface area contributed by atoms with Crippen molar-refractivity contribution < 1.29 is 22.7 Å². The van der Waals surface area contributed by atoms with Crippen LogP contribution in [0.5, 0.6) is 5.75 Å². The lowest BCUT2D eigenvalue weighted by Gasteiger charge is -2.09. The van der Waals surface area contributed by atoms with Crippen molar-refractivity contribution in [2.45, 2.75) is 12.9 Å². The maximum atomic E-state index is 12.0. The Morgan fingerprint density at radius 2 is 2.00 bits per heavy atom. The maximum Gasteiger partial charge on any atom is 0.573 e. The summed E-state index contributed by atoms with van der Waals surface area (Å²) in [5, 5.41) is 2.57. The summed E-state index contributed by atoms with van der Waals surface area (Å²) >= 11 is 0. The maximum absolute atomic E-state index is 12.0. The van der Waals surface area contributed by atoms with E-state index in [0.717, 1.165) is 12.1 Å². The second kappa shape index (κ2) is 5.64. The van der Waals surface area contributed by atoms with Gasteiger partial charge in [-0.2, -0.15) is 0 Å². The fourth-order valence-electron chi connectivity index (χ4n) is 1.47. The molecule has 8 heteroatoms. The van der Waals surface area contributed by atoms with Gasteiger partial charge in [-0.25, -0.2) is 4.98 Å².